The summed E-state index contributed by atoms with van der Waals surface area (Å²) in [7, 11) is 0. The van der Waals surface area contributed by atoms with Crippen LogP contribution in [0.25, 0.3) is 0 Å². The zero-order valence-corrected chi connectivity index (χ0v) is 9.78. The molecule has 1 heterocycles. The van der Waals surface area contributed by atoms with Crippen LogP contribution in [0.1, 0.15) is 6.42 Å². The highest BCUT2D eigenvalue weighted by molar-refractivity contribution is 8.07. The van der Waals surface area contributed by atoms with E-state index in [0.717, 1.165) is 6.42 Å². The van der Waals surface area contributed by atoms with Gasteiger partial charge in [-0.15, -0.1) is 0 Å². The van der Waals surface area contributed by atoms with Crippen LogP contribution in [0.5, 0.6) is 0 Å². The topological polar surface area (TPSA) is 0 Å². The van der Waals surface area contributed by atoms with Gasteiger partial charge in [0.05, 0.1) is 0 Å². The monoisotopic (exact) mass is 230 g/mol. The minimum Gasteiger partial charge on any atom is -0.0930 e. The summed E-state index contributed by atoms with van der Waals surface area (Å²) in [6.45, 7) is 0. The van der Waals surface area contributed by atoms with Crippen molar-refractivity contribution in [2.45, 2.75) is 16.2 Å². The molecule has 2 bridgehead atoms. The smallest absolute Gasteiger partial charge is 0.0258 e. The Balaban J connectivity index is 2.12. The van der Waals surface area contributed by atoms with E-state index in [-0.39, 0.29) is 0 Å². The molecule has 15 heavy (non-hydrogen) atoms. The van der Waals surface area contributed by atoms with Crippen LogP contribution in [-0.4, -0.2) is 0 Å². The van der Waals surface area contributed by atoms with Gasteiger partial charge in [-0.1, -0.05) is 60.0 Å². The second-order valence-corrected chi connectivity index (χ2v) is 5.82. The van der Waals surface area contributed by atoms with Crippen molar-refractivity contribution in [3.63, 3.8) is 0 Å². The Labute approximate surface area is 98.2 Å². The van der Waals surface area contributed by atoms with E-state index in [0.29, 0.717) is 0 Å². The summed E-state index contributed by atoms with van der Waals surface area (Å²) in [5.41, 5.74) is 0. The van der Waals surface area contributed by atoms with Crippen LogP contribution in [-0.2, 0) is 0 Å². The molecule has 1 aliphatic heterocycles. The molecule has 0 amide bonds. The average Bonchev–Trinajstić information content (AvgIpc) is 2.57. The predicted octanol–water partition coefficient (Wildman–Crippen LogP) is 4.61. The molecule has 2 aliphatic rings. The molecule has 0 spiro atoms. The Morgan fingerprint density at radius 1 is 0.800 bits per heavy atom. The molecule has 0 radical (unpaired) electrons. The summed E-state index contributed by atoms with van der Waals surface area (Å²) in [5.74, 6) is 0. The first-order valence-corrected chi connectivity index (χ1v) is 6.56. The fourth-order valence-electron chi connectivity index (χ4n) is 1.66. The fourth-order valence-corrected chi connectivity index (χ4v) is 3.94. The molecule has 0 saturated carbocycles. The Bertz CT molecular complexity index is 438. The van der Waals surface area contributed by atoms with E-state index >= 15 is 0 Å². The van der Waals surface area contributed by atoms with Crippen molar-refractivity contribution in [3.8, 4) is 0 Å². The molecule has 0 atom stereocenters. The molecule has 0 aromatic heterocycles. The molecule has 3 rings (SSSR count). The number of hydrogen-bond donors (Lipinski definition) is 0. The molecular formula is C13H10S2. The molecule has 0 saturated heterocycles. The second kappa shape index (κ2) is 3.95. The Morgan fingerprint density at radius 2 is 1.33 bits per heavy atom. The Kier molecular flexibility index (Phi) is 2.47. The van der Waals surface area contributed by atoms with E-state index < -0.39 is 0 Å². The first-order valence-electron chi connectivity index (χ1n) is 4.93. The van der Waals surface area contributed by atoms with Crippen LogP contribution in [0.3, 0.4) is 0 Å². The number of hydrogen-bond acceptors (Lipinski definition) is 2. The van der Waals surface area contributed by atoms with Crippen LogP contribution in [0.2, 0.25) is 0 Å². The van der Waals surface area contributed by atoms with Gasteiger partial charge in [0.15, 0.2) is 0 Å². The molecule has 0 nitrogen and oxygen atoms in total. The van der Waals surface area contributed by atoms with Crippen LogP contribution in [0.4, 0.5) is 0 Å². The van der Waals surface area contributed by atoms with Gasteiger partial charge in [-0.25, -0.2) is 0 Å². The molecule has 1 aromatic rings. The molecule has 0 N–H and O–H groups in total. The lowest BCUT2D eigenvalue weighted by Crippen LogP contribution is -1.74. The number of rotatable bonds is 0. The number of fused-ring (bicyclic) bond motifs is 3. The van der Waals surface area contributed by atoms with E-state index in [2.05, 4.69) is 48.6 Å². The fraction of sp³-hybridized carbons (Fsp3) is 0.0769. The highest BCUT2D eigenvalue weighted by Crippen LogP contribution is 2.46. The summed E-state index contributed by atoms with van der Waals surface area (Å²) in [4.78, 5) is 5.64. The van der Waals surface area contributed by atoms with Crippen molar-refractivity contribution in [1.82, 2.24) is 0 Å². The molecular weight excluding hydrogens is 220 g/mol. The standard InChI is InChI=1S/C13H10S2/c1-2-6-11-9-10(5-1)14-12-7-3-4-8-13(12)15-11/h1-8H,9H2. The quantitative estimate of drug-likeness (QED) is 0.638. The van der Waals surface area contributed by atoms with E-state index in [9.17, 15) is 0 Å². The van der Waals surface area contributed by atoms with Gasteiger partial charge in [-0.3, -0.25) is 0 Å². The summed E-state index contributed by atoms with van der Waals surface area (Å²) in [6, 6.07) is 8.63. The van der Waals surface area contributed by atoms with Gasteiger partial charge in [0, 0.05) is 16.2 Å². The van der Waals surface area contributed by atoms with E-state index in [1.807, 2.05) is 23.5 Å². The molecule has 2 heteroatoms. The minimum atomic E-state index is 1.08. The summed E-state index contributed by atoms with van der Waals surface area (Å²) in [6.07, 6.45) is 9.78. The van der Waals surface area contributed by atoms with Gasteiger partial charge in [0.2, 0.25) is 0 Å². The van der Waals surface area contributed by atoms with Crippen LogP contribution in [0.15, 0.2) is 68.2 Å². The average molecular weight is 230 g/mol. The maximum atomic E-state index is 2.22. The zero-order valence-electron chi connectivity index (χ0n) is 8.14. The largest absolute Gasteiger partial charge is 0.0930 e. The van der Waals surface area contributed by atoms with Gasteiger partial charge in [0.25, 0.3) is 0 Å². The van der Waals surface area contributed by atoms with E-state index in [1.54, 1.807) is 0 Å². The lowest BCUT2D eigenvalue weighted by atomic mass is 10.4. The van der Waals surface area contributed by atoms with Gasteiger partial charge >= 0.3 is 0 Å². The first-order chi connectivity index (χ1) is 7.42. The van der Waals surface area contributed by atoms with E-state index in [4.69, 9.17) is 0 Å². The zero-order chi connectivity index (χ0) is 10.1. The Hall–Kier alpha value is -0.860. The third-order valence-corrected chi connectivity index (χ3v) is 4.72. The third kappa shape index (κ3) is 1.92. The maximum Gasteiger partial charge on any atom is 0.0258 e. The number of allylic oxidation sites excluding steroid dienone is 6. The van der Waals surface area contributed by atoms with Crippen molar-refractivity contribution >= 4 is 23.5 Å². The van der Waals surface area contributed by atoms with Crippen LogP contribution < -0.4 is 0 Å². The van der Waals surface area contributed by atoms with Gasteiger partial charge < -0.3 is 0 Å². The lowest BCUT2D eigenvalue weighted by Gasteiger charge is -2.03. The lowest BCUT2D eigenvalue weighted by molar-refractivity contribution is 1.26. The van der Waals surface area contributed by atoms with Crippen LogP contribution in [0, 0.1) is 0 Å². The SMILES string of the molecule is C1=CC=C2CC(=C1)Sc1ccccc1S2. The maximum absolute atomic E-state index is 2.22. The van der Waals surface area contributed by atoms with Crippen molar-refractivity contribution < 1.29 is 0 Å². The number of thioether (sulfide) groups is 2. The molecule has 0 unspecified atom stereocenters. The summed E-state index contributed by atoms with van der Waals surface area (Å²) >= 11 is 3.79. The normalized spacial score (nSPS) is 18.4. The van der Waals surface area contributed by atoms with Gasteiger partial charge in [0.1, 0.15) is 0 Å². The van der Waals surface area contributed by atoms with Crippen molar-refractivity contribution in [1.29, 1.82) is 0 Å². The van der Waals surface area contributed by atoms with Crippen molar-refractivity contribution in [2.75, 3.05) is 0 Å². The highest BCUT2D eigenvalue weighted by atomic mass is 32.2. The third-order valence-electron chi connectivity index (χ3n) is 2.36. The van der Waals surface area contributed by atoms with E-state index in [1.165, 1.54) is 19.6 Å². The predicted molar refractivity (Wildman–Crippen MR) is 68.1 cm³/mol. The molecule has 1 aromatic carbocycles. The summed E-state index contributed by atoms with van der Waals surface area (Å²) < 4.78 is 0. The highest BCUT2D eigenvalue weighted by Gasteiger charge is 2.15. The molecule has 1 aliphatic carbocycles. The number of benzene rings is 1. The Morgan fingerprint density at radius 3 is 1.87 bits per heavy atom. The second-order valence-electron chi connectivity index (χ2n) is 3.48. The van der Waals surface area contributed by atoms with Gasteiger partial charge in [-0.2, -0.15) is 0 Å². The molecule has 74 valence electrons. The van der Waals surface area contributed by atoms with Crippen LogP contribution >= 0.6 is 23.5 Å². The van der Waals surface area contributed by atoms with Crippen molar-refractivity contribution in [2.24, 2.45) is 0 Å². The molecule has 0 fully saturated rings. The summed E-state index contributed by atoms with van der Waals surface area (Å²) in [5, 5.41) is 0. The van der Waals surface area contributed by atoms with Gasteiger partial charge in [-0.05, 0) is 21.9 Å². The van der Waals surface area contributed by atoms with Crippen molar-refractivity contribution in [3.05, 3.63) is 58.4 Å². The first kappa shape index (κ1) is 9.37. The minimum absolute atomic E-state index is 1.08.